The van der Waals surface area contributed by atoms with Crippen molar-refractivity contribution < 1.29 is 9.53 Å². The van der Waals surface area contributed by atoms with E-state index < -0.39 is 0 Å². The highest BCUT2D eigenvalue weighted by molar-refractivity contribution is 5.77. The molecule has 1 heterocycles. The zero-order valence-corrected chi connectivity index (χ0v) is 10.1. The second kappa shape index (κ2) is 5.80. The van der Waals surface area contributed by atoms with Gasteiger partial charge in [-0.25, -0.2) is 4.79 Å². The summed E-state index contributed by atoms with van der Waals surface area (Å²) in [6.45, 7) is 5.55. The lowest BCUT2D eigenvalue weighted by molar-refractivity contribution is -0.140. The van der Waals surface area contributed by atoms with Gasteiger partial charge in [0.25, 0.3) is 0 Å². The van der Waals surface area contributed by atoms with Gasteiger partial charge >= 0.3 is 5.97 Å². The molecule has 4 heteroatoms. The average molecular weight is 234 g/mol. The fourth-order valence-electron chi connectivity index (χ4n) is 1.91. The Kier molecular flexibility index (Phi) is 4.12. The predicted molar refractivity (Wildman–Crippen MR) is 66.0 cm³/mol. The molecule has 1 aromatic carbocycles. The summed E-state index contributed by atoms with van der Waals surface area (Å²) < 4.78 is 5.33. The normalized spacial score (nSPS) is 18.6. The number of rotatable bonds is 3. The number of esters is 1. The molecule has 1 N–H and O–H groups in total. The van der Waals surface area contributed by atoms with Crippen LogP contribution in [0.1, 0.15) is 6.92 Å². The van der Waals surface area contributed by atoms with Gasteiger partial charge in [-0.15, -0.1) is 0 Å². The lowest BCUT2D eigenvalue weighted by Crippen LogP contribution is -2.50. The monoisotopic (exact) mass is 234 g/mol. The quantitative estimate of drug-likeness (QED) is 0.623. The van der Waals surface area contributed by atoms with Crippen LogP contribution < -0.4 is 10.1 Å². The number of benzene rings is 1. The first kappa shape index (κ1) is 12.1. The Labute approximate surface area is 102 Å². The molecule has 1 aromatic rings. The second-order valence-corrected chi connectivity index (χ2v) is 4.20. The van der Waals surface area contributed by atoms with E-state index in [-0.39, 0.29) is 12.0 Å². The molecule has 4 nitrogen and oxygen atoms in total. The Morgan fingerprint density at radius 2 is 1.94 bits per heavy atom. The van der Waals surface area contributed by atoms with Gasteiger partial charge in [0.1, 0.15) is 11.8 Å². The van der Waals surface area contributed by atoms with Gasteiger partial charge in [0.2, 0.25) is 0 Å². The Hall–Kier alpha value is -1.39. The fraction of sp³-hybridized carbons (Fsp3) is 0.462. The van der Waals surface area contributed by atoms with E-state index in [1.54, 1.807) is 12.1 Å². The van der Waals surface area contributed by atoms with E-state index in [0.717, 1.165) is 26.2 Å². The van der Waals surface area contributed by atoms with E-state index in [1.165, 1.54) is 0 Å². The molecule has 1 saturated heterocycles. The molecule has 0 spiro atoms. The van der Waals surface area contributed by atoms with Crippen LogP contribution in [0.5, 0.6) is 5.75 Å². The molecular weight excluding hydrogens is 216 g/mol. The molecule has 0 aromatic heterocycles. The standard InChI is InChI=1S/C13H18N2O2/c1-11(15-9-7-14-8-10-15)13(16)17-12-5-3-2-4-6-12/h2-6,11,14H,7-10H2,1H3. The zero-order chi connectivity index (χ0) is 12.1. The largest absolute Gasteiger partial charge is 0.425 e. The number of nitrogens with one attached hydrogen (secondary N) is 1. The maximum Gasteiger partial charge on any atom is 0.328 e. The number of nitrogens with zero attached hydrogens (tertiary/aromatic N) is 1. The molecule has 1 aliphatic rings. The molecule has 17 heavy (non-hydrogen) atoms. The number of hydrogen-bond donors (Lipinski definition) is 1. The van der Waals surface area contributed by atoms with Gasteiger partial charge < -0.3 is 10.1 Å². The van der Waals surface area contributed by atoms with Crippen LogP contribution in [-0.4, -0.2) is 43.1 Å². The van der Waals surface area contributed by atoms with Crippen molar-refractivity contribution in [2.45, 2.75) is 13.0 Å². The SMILES string of the molecule is CC(C(=O)Oc1ccccc1)N1CCNCC1. The topological polar surface area (TPSA) is 41.6 Å². The zero-order valence-electron chi connectivity index (χ0n) is 10.1. The minimum atomic E-state index is -0.183. The van der Waals surface area contributed by atoms with Crippen molar-refractivity contribution in [2.75, 3.05) is 26.2 Å². The first-order valence-electron chi connectivity index (χ1n) is 5.99. The molecule has 0 radical (unpaired) electrons. The summed E-state index contributed by atoms with van der Waals surface area (Å²) in [5, 5.41) is 3.26. The van der Waals surface area contributed by atoms with Gasteiger partial charge in [-0.1, -0.05) is 18.2 Å². The van der Waals surface area contributed by atoms with Gasteiger partial charge in [0, 0.05) is 26.2 Å². The van der Waals surface area contributed by atoms with E-state index in [2.05, 4.69) is 10.2 Å². The van der Waals surface area contributed by atoms with Crippen molar-refractivity contribution in [3.8, 4) is 5.75 Å². The molecule has 0 aliphatic carbocycles. The highest BCUT2D eigenvalue weighted by Gasteiger charge is 2.24. The van der Waals surface area contributed by atoms with Crippen molar-refractivity contribution in [1.82, 2.24) is 10.2 Å². The second-order valence-electron chi connectivity index (χ2n) is 4.20. The molecule has 0 bridgehead atoms. The minimum absolute atomic E-state index is 0.182. The number of para-hydroxylation sites is 1. The van der Waals surface area contributed by atoms with E-state index in [1.807, 2.05) is 25.1 Å². The van der Waals surface area contributed by atoms with Gasteiger partial charge in [-0.05, 0) is 19.1 Å². The first-order valence-corrected chi connectivity index (χ1v) is 5.99. The third-order valence-electron chi connectivity index (χ3n) is 3.00. The third kappa shape index (κ3) is 3.28. The lowest BCUT2D eigenvalue weighted by Gasteiger charge is -2.31. The highest BCUT2D eigenvalue weighted by atomic mass is 16.5. The van der Waals surface area contributed by atoms with Crippen LogP contribution >= 0.6 is 0 Å². The lowest BCUT2D eigenvalue weighted by atomic mass is 10.2. The van der Waals surface area contributed by atoms with Crippen LogP contribution in [0.3, 0.4) is 0 Å². The summed E-state index contributed by atoms with van der Waals surface area (Å²) in [6.07, 6.45) is 0. The molecule has 1 fully saturated rings. The van der Waals surface area contributed by atoms with E-state index >= 15 is 0 Å². The van der Waals surface area contributed by atoms with Gasteiger partial charge in [0.15, 0.2) is 0 Å². The smallest absolute Gasteiger partial charge is 0.328 e. The molecule has 0 saturated carbocycles. The minimum Gasteiger partial charge on any atom is -0.425 e. The Morgan fingerprint density at radius 1 is 1.29 bits per heavy atom. The Morgan fingerprint density at radius 3 is 2.59 bits per heavy atom. The molecule has 1 unspecified atom stereocenters. The summed E-state index contributed by atoms with van der Waals surface area (Å²) in [5.41, 5.74) is 0. The van der Waals surface area contributed by atoms with Crippen LogP contribution in [0.2, 0.25) is 0 Å². The summed E-state index contributed by atoms with van der Waals surface area (Å²) in [6, 6.07) is 9.02. The van der Waals surface area contributed by atoms with Gasteiger partial charge in [0.05, 0.1) is 0 Å². The highest BCUT2D eigenvalue weighted by Crippen LogP contribution is 2.11. The summed E-state index contributed by atoms with van der Waals surface area (Å²) in [7, 11) is 0. The summed E-state index contributed by atoms with van der Waals surface area (Å²) in [5.74, 6) is 0.428. The molecule has 0 amide bonds. The molecule has 92 valence electrons. The number of carbonyl (C=O) groups is 1. The van der Waals surface area contributed by atoms with Crippen molar-refractivity contribution in [2.24, 2.45) is 0 Å². The maximum atomic E-state index is 11.9. The summed E-state index contributed by atoms with van der Waals surface area (Å²) in [4.78, 5) is 14.1. The van der Waals surface area contributed by atoms with Crippen LogP contribution in [0.25, 0.3) is 0 Å². The van der Waals surface area contributed by atoms with Crippen LogP contribution in [0.15, 0.2) is 30.3 Å². The third-order valence-corrected chi connectivity index (χ3v) is 3.00. The molecule has 1 atom stereocenters. The fourth-order valence-corrected chi connectivity index (χ4v) is 1.91. The van der Waals surface area contributed by atoms with Crippen molar-refractivity contribution in [1.29, 1.82) is 0 Å². The number of hydrogen-bond acceptors (Lipinski definition) is 4. The average Bonchev–Trinajstić information content (AvgIpc) is 2.40. The maximum absolute atomic E-state index is 11.9. The van der Waals surface area contributed by atoms with Crippen LogP contribution in [0, 0.1) is 0 Å². The van der Waals surface area contributed by atoms with E-state index in [4.69, 9.17) is 4.74 Å². The van der Waals surface area contributed by atoms with Crippen LogP contribution in [0.4, 0.5) is 0 Å². The molecule has 1 aliphatic heterocycles. The van der Waals surface area contributed by atoms with Gasteiger partial charge in [-0.2, -0.15) is 0 Å². The number of piperazine rings is 1. The molecular formula is C13H18N2O2. The predicted octanol–water partition coefficient (Wildman–Crippen LogP) is 0.886. The molecule has 2 rings (SSSR count). The van der Waals surface area contributed by atoms with Crippen molar-refractivity contribution in [3.63, 3.8) is 0 Å². The number of carbonyl (C=O) groups excluding carboxylic acids is 1. The summed E-state index contributed by atoms with van der Waals surface area (Å²) >= 11 is 0. The van der Waals surface area contributed by atoms with E-state index in [0.29, 0.717) is 5.75 Å². The van der Waals surface area contributed by atoms with Gasteiger partial charge in [-0.3, -0.25) is 4.90 Å². The first-order chi connectivity index (χ1) is 8.27. The van der Waals surface area contributed by atoms with Crippen LogP contribution in [-0.2, 0) is 4.79 Å². The van der Waals surface area contributed by atoms with Crippen molar-refractivity contribution >= 4 is 5.97 Å². The Bertz CT molecular complexity index is 361. The number of ether oxygens (including phenoxy) is 1. The van der Waals surface area contributed by atoms with E-state index in [9.17, 15) is 4.79 Å². The van der Waals surface area contributed by atoms with Crippen molar-refractivity contribution in [3.05, 3.63) is 30.3 Å². The Balaban J connectivity index is 1.90.